The van der Waals surface area contributed by atoms with Gasteiger partial charge in [0.1, 0.15) is 11.6 Å². The van der Waals surface area contributed by atoms with Gasteiger partial charge in [0, 0.05) is 12.6 Å². The lowest BCUT2D eigenvalue weighted by molar-refractivity contribution is -0.115. The summed E-state index contributed by atoms with van der Waals surface area (Å²) in [5.74, 6) is 0.334. The third-order valence-corrected chi connectivity index (χ3v) is 4.93. The summed E-state index contributed by atoms with van der Waals surface area (Å²) in [5.41, 5.74) is 0.959. The Morgan fingerprint density at radius 3 is 2.52 bits per heavy atom. The summed E-state index contributed by atoms with van der Waals surface area (Å²) in [6.45, 7) is 1.88. The molecule has 1 amide bonds. The van der Waals surface area contributed by atoms with Crippen LogP contribution >= 0.6 is 0 Å². The second kappa shape index (κ2) is 7.23. The van der Waals surface area contributed by atoms with Crippen LogP contribution in [-0.4, -0.2) is 32.2 Å². The van der Waals surface area contributed by atoms with Crippen LogP contribution in [0.5, 0.6) is 5.75 Å². The number of carbonyl (C=O) groups is 1. The topological polar surface area (TPSA) is 85.4 Å². The normalized spacial score (nSPS) is 11.0. The van der Waals surface area contributed by atoms with E-state index >= 15 is 0 Å². The van der Waals surface area contributed by atoms with Crippen LogP contribution in [-0.2, 0) is 14.6 Å². The highest BCUT2D eigenvalue weighted by Crippen LogP contribution is 2.17. The number of amides is 1. The maximum absolute atomic E-state index is 12.2. The van der Waals surface area contributed by atoms with E-state index in [-0.39, 0.29) is 23.0 Å². The molecule has 0 fully saturated rings. The van der Waals surface area contributed by atoms with E-state index in [0.29, 0.717) is 11.6 Å². The molecule has 1 aromatic carbocycles. The van der Waals surface area contributed by atoms with E-state index in [4.69, 9.17) is 4.74 Å². The first-order valence-corrected chi connectivity index (χ1v) is 8.65. The summed E-state index contributed by atoms with van der Waals surface area (Å²) < 4.78 is 29.4. The van der Waals surface area contributed by atoms with E-state index in [9.17, 15) is 13.2 Å². The van der Waals surface area contributed by atoms with Crippen LogP contribution < -0.4 is 10.1 Å². The second-order valence-electron chi connectivity index (χ2n) is 5.01. The second-order valence-corrected chi connectivity index (χ2v) is 7.12. The molecule has 7 heteroatoms. The number of methoxy groups -OCH3 is 1. The summed E-state index contributed by atoms with van der Waals surface area (Å²) in [7, 11) is -2.01. The first-order valence-electron chi connectivity index (χ1n) is 7.00. The summed E-state index contributed by atoms with van der Waals surface area (Å²) in [6.07, 6.45) is 1.45. The van der Waals surface area contributed by atoms with Crippen molar-refractivity contribution in [3.05, 3.63) is 48.2 Å². The Labute approximate surface area is 135 Å². The average molecular weight is 334 g/mol. The van der Waals surface area contributed by atoms with Gasteiger partial charge in [0.2, 0.25) is 5.91 Å². The summed E-state index contributed by atoms with van der Waals surface area (Å²) in [4.78, 5) is 16.0. The number of hydrogen-bond donors (Lipinski definition) is 1. The Kier molecular flexibility index (Phi) is 5.33. The van der Waals surface area contributed by atoms with E-state index in [0.717, 1.165) is 5.56 Å². The van der Waals surface area contributed by atoms with Gasteiger partial charge in [-0.1, -0.05) is 0 Å². The van der Waals surface area contributed by atoms with Gasteiger partial charge in [0.15, 0.2) is 9.84 Å². The van der Waals surface area contributed by atoms with Crippen molar-refractivity contribution in [2.24, 2.45) is 0 Å². The number of benzene rings is 1. The van der Waals surface area contributed by atoms with Gasteiger partial charge in [-0.3, -0.25) is 4.79 Å². The number of ether oxygens (including phenoxy) is 1. The van der Waals surface area contributed by atoms with Gasteiger partial charge in [-0.25, -0.2) is 13.4 Å². The lowest BCUT2D eigenvalue weighted by atomic mass is 10.3. The molecule has 2 aromatic rings. The Hall–Kier alpha value is -2.41. The van der Waals surface area contributed by atoms with Crippen LogP contribution in [0.1, 0.15) is 12.0 Å². The molecule has 0 spiro atoms. The van der Waals surface area contributed by atoms with E-state index in [1.807, 2.05) is 13.0 Å². The van der Waals surface area contributed by atoms with Gasteiger partial charge >= 0.3 is 0 Å². The molecule has 0 aliphatic rings. The predicted octanol–water partition coefficient (Wildman–Crippen LogP) is 2.20. The molecule has 0 saturated heterocycles. The first-order chi connectivity index (χ1) is 10.9. The first kappa shape index (κ1) is 17.0. The quantitative estimate of drug-likeness (QED) is 0.875. The lowest BCUT2D eigenvalue weighted by Crippen LogP contribution is -2.18. The van der Waals surface area contributed by atoms with Gasteiger partial charge in [0.25, 0.3) is 0 Å². The van der Waals surface area contributed by atoms with Gasteiger partial charge in [-0.15, -0.1) is 0 Å². The molecule has 122 valence electrons. The van der Waals surface area contributed by atoms with Crippen molar-refractivity contribution in [3.63, 3.8) is 0 Å². The Morgan fingerprint density at radius 1 is 1.22 bits per heavy atom. The number of rotatable bonds is 6. The molecule has 0 saturated carbocycles. The van der Waals surface area contributed by atoms with Crippen molar-refractivity contribution < 1.29 is 17.9 Å². The van der Waals surface area contributed by atoms with Gasteiger partial charge in [-0.05, 0) is 48.9 Å². The zero-order valence-electron chi connectivity index (χ0n) is 12.9. The van der Waals surface area contributed by atoms with Gasteiger partial charge in [0.05, 0.1) is 17.8 Å². The summed E-state index contributed by atoms with van der Waals surface area (Å²) in [6, 6.07) is 9.61. The Balaban J connectivity index is 1.96. The fraction of sp³-hybridized carbons (Fsp3) is 0.250. The summed E-state index contributed by atoms with van der Waals surface area (Å²) in [5, 5.41) is 2.59. The molecule has 6 nitrogen and oxygen atoms in total. The highest BCUT2D eigenvalue weighted by Gasteiger charge is 2.16. The summed E-state index contributed by atoms with van der Waals surface area (Å²) >= 11 is 0. The Bertz CT molecular complexity index is 786. The van der Waals surface area contributed by atoms with E-state index < -0.39 is 9.84 Å². The molecule has 1 aromatic heterocycles. The fourth-order valence-electron chi connectivity index (χ4n) is 1.94. The zero-order chi connectivity index (χ0) is 16.9. The van der Waals surface area contributed by atoms with Crippen LogP contribution in [0.3, 0.4) is 0 Å². The maximum Gasteiger partial charge on any atom is 0.226 e. The standard InChI is InChI=1S/C16H18N2O4S/c1-12-7-9-17-15(11-12)18-16(19)8-10-23(20,21)14-5-3-13(22-2)4-6-14/h3-7,9,11H,8,10H2,1-2H3,(H,17,18,19). The molecule has 0 unspecified atom stereocenters. The van der Waals surface area contributed by atoms with Crippen molar-refractivity contribution >= 4 is 21.6 Å². The molecule has 0 aliphatic carbocycles. The minimum atomic E-state index is -3.52. The average Bonchev–Trinajstić information content (AvgIpc) is 2.53. The molecule has 0 atom stereocenters. The number of aryl methyl sites for hydroxylation is 1. The number of pyridine rings is 1. The van der Waals surface area contributed by atoms with Crippen LogP contribution in [0, 0.1) is 6.92 Å². The number of sulfone groups is 1. The number of nitrogens with zero attached hydrogens (tertiary/aromatic N) is 1. The number of aromatic nitrogens is 1. The SMILES string of the molecule is COc1ccc(S(=O)(=O)CCC(=O)Nc2cc(C)ccn2)cc1. The molecule has 1 heterocycles. The minimum absolute atomic E-state index is 0.135. The molecule has 0 bridgehead atoms. The largest absolute Gasteiger partial charge is 0.497 e. The van der Waals surface area contributed by atoms with Gasteiger partial charge in [-0.2, -0.15) is 0 Å². The van der Waals surface area contributed by atoms with Crippen LogP contribution in [0.4, 0.5) is 5.82 Å². The zero-order valence-corrected chi connectivity index (χ0v) is 13.8. The van der Waals surface area contributed by atoms with Crippen LogP contribution in [0.25, 0.3) is 0 Å². The van der Waals surface area contributed by atoms with Crippen molar-refractivity contribution in [1.29, 1.82) is 0 Å². The minimum Gasteiger partial charge on any atom is -0.497 e. The maximum atomic E-state index is 12.2. The molecular formula is C16H18N2O4S. The molecule has 1 N–H and O–H groups in total. The monoisotopic (exact) mass is 334 g/mol. The molecular weight excluding hydrogens is 316 g/mol. The van der Waals surface area contributed by atoms with E-state index in [1.165, 1.54) is 19.2 Å². The van der Waals surface area contributed by atoms with E-state index in [1.54, 1.807) is 24.4 Å². The number of nitrogens with one attached hydrogen (secondary N) is 1. The molecule has 0 radical (unpaired) electrons. The smallest absolute Gasteiger partial charge is 0.226 e. The molecule has 0 aliphatic heterocycles. The van der Waals surface area contributed by atoms with Crippen molar-refractivity contribution in [2.45, 2.75) is 18.2 Å². The third-order valence-electron chi connectivity index (χ3n) is 3.20. The molecule has 23 heavy (non-hydrogen) atoms. The lowest BCUT2D eigenvalue weighted by Gasteiger charge is -2.07. The number of anilines is 1. The van der Waals surface area contributed by atoms with Crippen molar-refractivity contribution in [3.8, 4) is 5.75 Å². The molecule has 2 rings (SSSR count). The van der Waals surface area contributed by atoms with Crippen LogP contribution in [0.15, 0.2) is 47.5 Å². The highest BCUT2D eigenvalue weighted by atomic mass is 32.2. The highest BCUT2D eigenvalue weighted by molar-refractivity contribution is 7.91. The fourth-order valence-corrected chi connectivity index (χ4v) is 3.18. The number of hydrogen-bond acceptors (Lipinski definition) is 5. The predicted molar refractivity (Wildman–Crippen MR) is 87.3 cm³/mol. The van der Waals surface area contributed by atoms with E-state index in [2.05, 4.69) is 10.3 Å². The third kappa shape index (κ3) is 4.79. The number of carbonyl (C=O) groups excluding carboxylic acids is 1. The van der Waals surface area contributed by atoms with Crippen LogP contribution in [0.2, 0.25) is 0 Å². The Morgan fingerprint density at radius 2 is 1.91 bits per heavy atom. The van der Waals surface area contributed by atoms with Crippen molar-refractivity contribution in [1.82, 2.24) is 4.98 Å². The van der Waals surface area contributed by atoms with Gasteiger partial charge < -0.3 is 10.1 Å². The van der Waals surface area contributed by atoms with Crippen molar-refractivity contribution in [2.75, 3.05) is 18.2 Å².